The minimum absolute atomic E-state index is 0.00419. The van der Waals surface area contributed by atoms with Gasteiger partial charge < -0.3 is 5.32 Å². The van der Waals surface area contributed by atoms with E-state index in [0.717, 1.165) is 0 Å². The van der Waals surface area contributed by atoms with Crippen LogP contribution in [-0.4, -0.2) is 24.0 Å². The van der Waals surface area contributed by atoms with Gasteiger partial charge in [0.25, 0.3) is 5.91 Å². The van der Waals surface area contributed by atoms with E-state index in [1.807, 2.05) is 0 Å². The number of hydrogen-bond acceptors (Lipinski definition) is 2. The number of alkyl halides is 7. The van der Waals surface area contributed by atoms with Crippen molar-refractivity contribution in [1.29, 1.82) is 0 Å². The van der Waals surface area contributed by atoms with Gasteiger partial charge in [0.05, 0.1) is 0 Å². The van der Waals surface area contributed by atoms with Gasteiger partial charge in [-0.25, -0.2) is 4.39 Å². The van der Waals surface area contributed by atoms with E-state index < -0.39 is 29.5 Å². The molecule has 0 spiro atoms. The summed E-state index contributed by atoms with van der Waals surface area (Å²) >= 11 is 0. The van der Waals surface area contributed by atoms with E-state index >= 15 is 0 Å². The number of benzene rings is 2. The molecule has 0 bridgehead atoms. The van der Waals surface area contributed by atoms with Crippen LogP contribution < -0.4 is 5.32 Å². The first-order chi connectivity index (χ1) is 14.7. The van der Waals surface area contributed by atoms with Crippen LogP contribution in [-0.2, 0) is 18.5 Å². The lowest BCUT2D eigenvalue weighted by molar-refractivity contribution is -0.348. The lowest BCUT2D eigenvalue weighted by Gasteiger charge is -2.31. The maximum absolute atomic E-state index is 14.5. The molecular formula is C22H18F7NO2. The predicted molar refractivity (Wildman–Crippen MR) is 102 cm³/mol. The zero-order chi connectivity index (χ0) is 24.1. The second-order valence-corrected chi connectivity index (χ2v) is 7.58. The summed E-state index contributed by atoms with van der Waals surface area (Å²) in [6.07, 6.45) is -11.7. The van der Waals surface area contributed by atoms with Gasteiger partial charge in [0.15, 0.2) is 5.78 Å². The van der Waals surface area contributed by atoms with Crippen LogP contribution in [0.4, 0.5) is 36.4 Å². The molecule has 1 amide bonds. The number of hydrogen-bond donors (Lipinski definition) is 1. The van der Waals surface area contributed by atoms with Crippen LogP contribution in [0.15, 0.2) is 30.3 Å². The maximum Gasteiger partial charge on any atom is 0.435 e. The molecule has 32 heavy (non-hydrogen) atoms. The fourth-order valence-corrected chi connectivity index (χ4v) is 3.79. The minimum Gasteiger partial charge on any atom is -0.321 e. The Morgan fingerprint density at radius 2 is 1.59 bits per heavy atom. The molecule has 10 heteroatoms. The van der Waals surface area contributed by atoms with Crippen LogP contribution in [0.2, 0.25) is 0 Å². The van der Waals surface area contributed by atoms with Gasteiger partial charge in [0.2, 0.25) is 0 Å². The van der Waals surface area contributed by atoms with Gasteiger partial charge in [0.1, 0.15) is 0 Å². The molecule has 3 rings (SSSR count). The van der Waals surface area contributed by atoms with E-state index in [0.29, 0.717) is 36.1 Å². The third kappa shape index (κ3) is 3.86. The van der Waals surface area contributed by atoms with Crippen molar-refractivity contribution in [2.45, 2.75) is 51.1 Å². The molecule has 1 aliphatic carbocycles. The molecule has 0 heterocycles. The molecule has 0 radical (unpaired) electrons. The second-order valence-electron chi connectivity index (χ2n) is 7.58. The molecule has 2 aromatic carbocycles. The average molecular weight is 461 g/mol. The van der Waals surface area contributed by atoms with Crippen molar-refractivity contribution in [3.8, 4) is 0 Å². The molecule has 0 saturated carbocycles. The van der Waals surface area contributed by atoms with E-state index in [1.54, 1.807) is 0 Å². The summed E-state index contributed by atoms with van der Waals surface area (Å²) in [5.74, 6) is -0.702. The molecule has 2 aromatic rings. The first-order valence-corrected chi connectivity index (χ1v) is 9.64. The molecule has 0 atom stereocenters. The Labute approximate surface area is 178 Å². The van der Waals surface area contributed by atoms with Gasteiger partial charge in [0, 0.05) is 28.8 Å². The van der Waals surface area contributed by atoms with Gasteiger partial charge in [-0.3, -0.25) is 9.59 Å². The Bertz CT molecular complexity index is 1070. The number of rotatable bonds is 4. The number of carbonyl (C=O) groups is 2. The topological polar surface area (TPSA) is 46.2 Å². The summed E-state index contributed by atoms with van der Waals surface area (Å²) in [6.45, 7) is 2.64. The Morgan fingerprint density at radius 3 is 2.16 bits per heavy atom. The van der Waals surface area contributed by atoms with Crippen molar-refractivity contribution in [3.05, 3.63) is 63.7 Å². The van der Waals surface area contributed by atoms with E-state index in [9.17, 15) is 40.3 Å². The predicted octanol–water partition coefficient (Wildman–Crippen LogP) is 6.23. The van der Waals surface area contributed by atoms with Crippen molar-refractivity contribution in [3.63, 3.8) is 0 Å². The van der Waals surface area contributed by atoms with Crippen molar-refractivity contribution in [1.82, 2.24) is 0 Å². The van der Waals surface area contributed by atoms with Crippen molar-refractivity contribution in [2.24, 2.45) is 0 Å². The lowest BCUT2D eigenvalue weighted by atomic mass is 9.89. The van der Waals surface area contributed by atoms with Gasteiger partial charge >= 0.3 is 18.0 Å². The minimum atomic E-state index is -6.23. The van der Waals surface area contributed by atoms with E-state index in [4.69, 9.17) is 0 Å². The molecule has 0 saturated heterocycles. The van der Waals surface area contributed by atoms with Crippen LogP contribution in [0.3, 0.4) is 0 Å². The van der Waals surface area contributed by atoms with Crippen LogP contribution in [0, 0.1) is 6.92 Å². The van der Waals surface area contributed by atoms with Crippen LogP contribution in [0.25, 0.3) is 0 Å². The molecule has 1 N–H and O–H groups in total. The number of anilines is 1. The summed E-state index contributed by atoms with van der Waals surface area (Å²) in [6, 6.07) is 5.35. The largest absolute Gasteiger partial charge is 0.435 e. The quantitative estimate of drug-likeness (QED) is 0.549. The smallest absolute Gasteiger partial charge is 0.321 e. The molecule has 3 nitrogen and oxygen atoms in total. The van der Waals surface area contributed by atoms with Gasteiger partial charge in [-0.05, 0) is 54.7 Å². The second kappa shape index (κ2) is 7.90. The highest BCUT2D eigenvalue weighted by Gasteiger charge is 2.73. The Kier molecular flexibility index (Phi) is 5.86. The summed E-state index contributed by atoms with van der Waals surface area (Å²) in [5, 5.41) is 2.50. The summed E-state index contributed by atoms with van der Waals surface area (Å²) in [4.78, 5) is 24.4. The standard InChI is InChI=1S/C22H18F7NO2/c1-3-12-10-15(20(23,21(24,25)26)22(27,28)29)8-11(2)18(12)30-19(32)14-4-6-16-13(9-14)5-7-17(16)31/h4,6,8-10H,3,5,7H2,1-2H3,(H,30,32). The highest BCUT2D eigenvalue weighted by Crippen LogP contribution is 2.53. The Balaban J connectivity index is 2.01. The third-order valence-corrected chi connectivity index (χ3v) is 5.50. The fourth-order valence-electron chi connectivity index (χ4n) is 3.79. The van der Waals surface area contributed by atoms with Crippen LogP contribution >= 0.6 is 0 Å². The number of aryl methyl sites for hydroxylation is 3. The Hall–Kier alpha value is -2.91. The number of nitrogens with one attached hydrogen (secondary N) is 1. The molecule has 0 aliphatic heterocycles. The number of amides is 1. The molecular weight excluding hydrogens is 443 g/mol. The SMILES string of the molecule is CCc1cc(C(F)(C(F)(F)F)C(F)(F)F)cc(C)c1NC(=O)c1ccc2c(c1)CCC2=O. The number of halogens is 7. The average Bonchev–Trinajstić information content (AvgIpc) is 3.07. The van der Waals surface area contributed by atoms with Crippen molar-refractivity contribution >= 4 is 17.4 Å². The third-order valence-electron chi connectivity index (χ3n) is 5.50. The molecule has 1 aliphatic rings. The number of fused-ring (bicyclic) bond motifs is 1. The van der Waals surface area contributed by atoms with Gasteiger partial charge in [-0.15, -0.1) is 0 Å². The molecule has 0 fully saturated rings. The Morgan fingerprint density at radius 1 is 0.969 bits per heavy atom. The zero-order valence-electron chi connectivity index (χ0n) is 17.0. The van der Waals surface area contributed by atoms with Crippen LogP contribution in [0.5, 0.6) is 0 Å². The number of ketones is 1. The highest BCUT2D eigenvalue weighted by atomic mass is 19.4. The first kappa shape index (κ1) is 23.7. The van der Waals surface area contributed by atoms with E-state index in [2.05, 4.69) is 5.32 Å². The van der Waals surface area contributed by atoms with Crippen molar-refractivity contribution < 1.29 is 40.3 Å². The fraction of sp³-hybridized carbons (Fsp3) is 0.364. The van der Waals surface area contributed by atoms with Gasteiger partial charge in [-0.2, -0.15) is 26.3 Å². The number of carbonyl (C=O) groups excluding carboxylic acids is 2. The summed E-state index contributed by atoms with van der Waals surface area (Å²) in [5.41, 5.74) is -6.01. The lowest BCUT2D eigenvalue weighted by Crippen LogP contribution is -2.50. The highest BCUT2D eigenvalue weighted by molar-refractivity contribution is 6.07. The monoisotopic (exact) mass is 461 g/mol. The summed E-state index contributed by atoms with van der Waals surface area (Å²) in [7, 11) is 0. The molecule has 0 unspecified atom stereocenters. The van der Waals surface area contributed by atoms with E-state index in [1.165, 1.54) is 32.0 Å². The van der Waals surface area contributed by atoms with E-state index in [-0.39, 0.29) is 34.6 Å². The first-order valence-electron chi connectivity index (χ1n) is 9.64. The number of Topliss-reactive ketones (excluding diaryl/α,β-unsaturated/α-hetero) is 1. The van der Waals surface area contributed by atoms with Gasteiger partial charge in [-0.1, -0.05) is 19.1 Å². The summed E-state index contributed by atoms with van der Waals surface area (Å²) < 4.78 is 93.3. The van der Waals surface area contributed by atoms with Crippen molar-refractivity contribution in [2.75, 3.05) is 5.32 Å². The molecule has 172 valence electrons. The zero-order valence-corrected chi connectivity index (χ0v) is 17.0. The molecule has 0 aromatic heterocycles. The normalized spacial score (nSPS) is 14.5. The van der Waals surface area contributed by atoms with Crippen LogP contribution in [0.1, 0.15) is 56.3 Å². The maximum atomic E-state index is 14.5.